The van der Waals surface area contributed by atoms with Crippen LogP contribution in [-0.4, -0.2) is 36.5 Å². The molecule has 142 valence electrons. The lowest BCUT2D eigenvalue weighted by atomic mass is 9.93. The van der Waals surface area contributed by atoms with Gasteiger partial charge in [-0.15, -0.1) is 10.2 Å². The molecule has 0 spiro atoms. The highest BCUT2D eigenvalue weighted by Gasteiger charge is 2.22. The first-order chi connectivity index (χ1) is 12.6. The van der Waals surface area contributed by atoms with Crippen molar-refractivity contribution in [2.24, 2.45) is 0 Å². The van der Waals surface area contributed by atoms with Crippen molar-refractivity contribution in [3.8, 4) is 0 Å². The molecule has 0 aliphatic carbocycles. The molecule has 0 aliphatic heterocycles. The molecule has 2 aromatic heterocycles. The van der Waals surface area contributed by atoms with E-state index in [4.69, 9.17) is 0 Å². The number of carbonyl (C=O) groups excluding carboxylic acids is 1. The van der Waals surface area contributed by atoms with Crippen molar-refractivity contribution in [2.75, 3.05) is 11.1 Å². The summed E-state index contributed by atoms with van der Waals surface area (Å²) in [6.45, 7) is 9.75. The van der Waals surface area contributed by atoms with Gasteiger partial charge in [0.05, 0.1) is 5.75 Å². The number of hydrogen-bond acceptors (Lipinski definition) is 6. The average molecular weight is 386 g/mol. The number of nitrogens with zero attached hydrogens (tertiary/aromatic N) is 4. The third-order valence-corrected chi connectivity index (χ3v) is 5.01. The predicted octanol–water partition coefficient (Wildman–Crippen LogP) is 2.46. The Morgan fingerprint density at radius 1 is 1.22 bits per heavy atom. The molecule has 0 radical (unpaired) electrons. The zero-order chi connectivity index (χ0) is 19.8. The van der Waals surface area contributed by atoms with Crippen LogP contribution in [0.25, 0.3) is 5.78 Å². The summed E-state index contributed by atoms with van der Waals surface area (Å²) < 4.78 is 1.47. The summed E-state index contributed by atoms with van der Waals surface area (Å²) in [4.78, 5) is 27.1. The number of nitrogens with one attached hydrogen (secondary N) is 2. The van der Waals surface area contributed by atoms with Gasteiger partial charge in [0.25, 0.3) is 11.3 Å². The maximum Gasteiger partial charge on any atom is 0.274 e. The third kappa shape index (κ3) is 4.19. The lowest BCUT2D eigenvalue weighted by molar-refractivity contribution is -0.113. The highest BCUT2D eigenvalue weighted by Crippen LogP contribution is 2.20. The van der Waals surface area contributed by atoms with E-state index in [0.29, 0.717) is 10.9 Å². The van der Waals surface area contributed by atoms with Crippen LogP contribution >= 0.6 is 11.8 Å². The second-order valence-corrected chi connectivity index (χ2v) is 8.35. The normalized spacial score (nSPS) is 11.7. The van der Waals surface area contributed by atoms with Gasteiger partial charge in [-0.1, -0.05) is 38.6 Å². The van der Waals surface area contributed by atoms with Gasteiger partial charge in [0.2, 0.25) is 11.1 Å². The lowest BCUT2D eigenvalue weighted by Gasteiger charge is -2.15. The molecule has 8 nitrogen and oxygen atoms in total. The molecule has 27 heavy (non-hydrogen) atoms. The second kappa shape index (κ2) is 7.15. The van der Waals surface area contributed by atoms with Gasteiger partial charge in [0.1, 0.15) is 5.69 Å². The van der Waals surface area contributed by atoms with E-state index in [0.717, 1.165) is 11.3 Å². The first-order valence-corrected chi connectivity index (χ1v) is 9.50. The van der Waals surface area contributed by atoms with Crippen molar-refractivity contribution >= 4 is 29.1 Å². The van der Waals surface area contributed by atoms with Gasteiger partial charge >= 0.3 is 0 Å². The summed E-state index contributed by atoms with van der Waals surface area (Å²) in [7, 11) is 0. The van der Waals surface area contributed by atoms with Crippen molar-refractivity contribution in [1.82, 2.24) is 24.8 Å². The second-order valence-electron chi connectivity index (χ2n) is 7.41. The molecule has 0 atom stereocenters. The molecular weight excluding hydrogens is 364 g/mol. The Kier molecular flexibility index (Phi) is 5.05. The van der Waals surface area contributed by atoms with Gasteiger partial charge in [0, 0.05) is 11.1 Å². The Balaban J connectivity index is 1.75. The summed E-state index contributed by atoms with van der Waals surface area (Å²) in [6.07, 6.45) is 0. The topological polar surface area (TPSA) is 105 Å². The first-order valence-electron chi connectivity index (χ1n) is 8.51. The summed E-state index contributed by atoms with van der Waals surface area (Å²) in [5.41, 5.74) is 2.73. The van der Waals surface area contributed by atoms with Crippen LogP contribution in [0.3, 0.4) is 0 Å². The fourth-order valence-electron chi connectivity index (χ4n) is 2.47. The van der Waals surface area contributed by atoms with Crippen LogP contribution in [0.1, 0.15) is 37.6 Å². The minimum atomic E-state index is -0.422. The number of anilines is 1. The Morgan fingerprint density at radius 3 is 2.63 bits per heavy atom. The molecule has 1 amide bonds. The first kappa shape index (κ1) is 19.1. The number of amides is 1. The van der Waals surface area contributed by atoms with E-state index in [1.54, 1.807) is 0 Å². The fraction of sp³-hybridized carbons (Fsp3) is 0.389. The fourth-order valence-corrected chi connectivity index (χ4v) is 3.15. The lowest BCUT2D eigenvalue weighted by Crippen LogP contribution is -2.28. The van der Waals surface area contributed by atoms with Crippen molar-refractivity contribution in [1.29, 1.82) is 0 Å². The molecule has 0 bridgehead atoms. The van der Waals surface area contributed by atoms with E-state index in [1.807, 2.05) is 52.8 Å². The zero-order valence-electron chi connectivity index (χ0n) is 16.0. The van der Waals surface area contributed by atoms with Gasteiger partial charge < -0.3 is 5.32 Å². The third-order valence-electron chi connectivity index (χ3n) is 4.09. The van der Waals surface area contributed by atoms with Crippen molar-refractivity contribution in [3.05, 3.63) is 45.4 Å². The molecule has 3 aromatic rings. The molecule has 0 aliphatic rings. The zero-order valence-corrected chi connectivity index (χ0v) is 16.8. The van der Waals surface area contributed by atoms with Crippen LogP contribution in [0.15, 0.2) is 28.2 Å². The standard InChI is InChI=1S/C18H22N6O2S/c1-10-6-7-12(8-11(10)2)19-13(25)9-27-17-22-21-16-20-15(26)14(18(3,4)5)23-24(16)17/h6-8H,9H2,1-5H3,(H,19,25)(H,20,21,26). The number of aromatic nitrogens is 5. The Hall–Kier alpha value is -2.68. The van der Waals surface area contributed by atoms with Crippen LogP contribution in [0.5, 0.6) is 0 Å². The number of aryl methyl sites for hydroxylation is 2. The predicted molar refractivity (Wildman–Crippen MR) is 105 cm³/mol. The molecule has 2 N–H and O–H groups in total. The molecular formula is C18H22N6O2S. The Labute approximate surface area is 160 Å². The monoisotopic (exact) mass is 386 g/mol. The van der Waals surface area contributed by atoms with E-state index in [-0.39, 0.29) is 23.0 Å². The summed E-state index contributed by atoms with van der Waals surface area (Å²) in [5.74, 6) is 0.255. The van der Waals surface area contributed by atoms with Crippen LogP contribution in [0.4, 0.5) is 5.69 Å². The van der Waals surface area contributed by atoms with E-state index in [1.165, 1.54) is 21.8 Å². The number of carbonyl (C=O) groups is 1. The summed E-state index contributed by atoms with van der Waals surface area (Å²) >= 11 is 1.21. The van der Waals surface area contributed by atoms with Gasteiger partial charge in [-0.05, 0) is 37.1 Å². The quantitative estimate of drug-likeness (QED) is 0.668. The van der Waals surface area contributed by atoms with E-state index < -0.39 is 5.41 Å². The number of fused-ring (bicyclic) bond motifs is 1. The van der Waals surface area contributed by atoms with Crippen molar-refractivity contribution in [2.45, 2.75) is 45.2 Å². The van der Waals surface area contributed by atoms with Gasteiger partial charge in [0.15, 0.2) is 0 Å². The molecule has 0 saturated carbocycles. The van der Waals surface area contributed by atoms with E-state index in [2.05, 4.69) is 25.6 Å². The maximum absolute atomic E-state index is 12.3. The largest absolute Gasteiger partial charge is 0.325 e. The number of aromatic amines is 1. The number of benzene rings is 1. The average Bonchev–Trinajstić information content (AvgIpc) is 2.96. The molecule has 0 saturated heterocycles. The molecule has 0 unspecified atom stereocenters. The van der Waals surface area contributed by atoms with Crippen LogP contribution in [0.2, 0.25) is 0 Å². The highest BCUT2D eigenvalue weighted by molar-refractivity contribution is 7.99. The molecule has 2 heterocycles. The minimum absolute atomic E-state index is 0.152. The summed E-state index contributed by atoms with van der Waals surface area (Å²) in [6, 6.07) is 5.78. The number of hydrogen-bond donors (Lipinski definition) is 2. The molecule has 1 aromatic carbocycles. The van der Waals surface area contributed by atoms with Crippen molar-refractivity contribution in [3.63, 3.8) is 0 Å². The van der Waals surface area contributed by atoms with E-state index in [9.17, 15) is 9.59 Å². The number of H-pyrrole nitrogens is 1. The SMILES string of the molecule is Cc1ccc(NC(=O)CSc2nnc3[nH]c(=O)c(C(C)(C)C)nn23)cc1C. The number of rotatable bonds is 4. The Bertz CT molecular complexity index is 1060. The van der Waals surface area contributed by atoms with Gasteiger partial charge in [-0.25, -0.2) is 0 Å². The molecule has 3 rings (SSSR count). The van der Waals surface area contributed by atoms with Crippen LogP contribution in [-0.2, 0) is 10.2 Å². The molecule has 9 heteroatoms. The van der Waals surface area contributed by atoms with Crippen LogP contribution < -0.4 is 10.9 Å². The number of thioether (sulfide) groups is 1. The summed E-state index contributed by atoms with van der Waals surface area (Å²) in [5, 5.41) is 15.7. The smallest absolute Gasteiger partial charge is 0.274 e. The minimum Gasteiger partial charge on any atom is -0.325 e. The van der Waals surface area contributed by atoms with Gasteiger partial charge in [-0.2, -0.15) is 9.61 Å². The van der Waals surface area contributed by atoms with E-state index >= 15 is 0 Å². The van der Waals surface area contributed by atoms with Gasteiger partial charge in [-0.3, -0.25) is 14.6 Å². The highest BCUT2D eigenvalue weighted by atomic mass is 32.2. The van der Waals surface area contributed by atoms with Crippen LogP contribution in [0, 0.1) is 13.8 Å². The Morgan fingerprint density at radius 2 is 1.96 bits per heavy atom. The molecule has 0 fully saturated rings. The van der Waals surface area contributed by atoms with Crippen molar-refractivity contribution < 1.29 is 4.79 Å². The maximum atomic E-state index is 12.3.